The van der Waals surface area contributed by atoms with Crippen LogP contribution in [0.2, 0.25) is 0 Å². The van der Waals surface area contributed by atoms with E-state index in [1.807, 2.05) is 17.1 Å². The van der Waals surface area contributed by atoms with E-state index >= 15 is 0 Å². The maximum absolute atomic E-state index is 5.03. The third kappa shape index (κ3) is 4.21. The Hall–Kier alpha value is -1.08. The molecule has 19 heavy (non-hydrogen) atoms. The summed E-state index contributed by atoms with van der Waals surface area (Å²) in [6, 6.07) is 8.80. The van der Waals surface area contributed by atoms with Gasteiger partial charge in [0.05, 0.1) is 25.0 Å². The number of benzene rings is 1. The number of halogens is 1. The Balaban J connectivity index is 1.96. The van der Waals surface area contributed by atoms with Crippen LogP contribution in [0, 0.1) is 3.57 Å². The normalized spacial score (nSPS) is 12.4. The minimum absolute atomic E-state index is 0.261. The fourth-order valence-electron chi connectivity index (χ4n) is 1.83. The Morgan fingerprint density at radius 2 is 2.11 bits per heavy atom. The molecule has 2 aromatic rings. The summed E-state index contributed by atoms with van der Waals surface area (Å²) >= 11 is 2.31. The van der Waals surface area contributed by atoms with Gasteiger partial charge < -0.3 is 10.1 Å². The van der Waals surface area contributed by atoms with Crippen LogP contribution in [0.5, 0.6) is 0 Å². The van der Waals surface area contributed by atoms with Crippen LogP contribution in [0.1, 0.15) is 18.5 Å². The van der Waals surface area contributed by atoms with Crippen LogP contribution in [-0.2, 0) is 11.3 Å². The van der Waals surface area contributed by atoms with Crippen LogP contribution in [0.3, 0.4) is 0 Å². The third-order valence-corrected chi connectivity index (χ3v) is 3.63. The maximum atomic E-state index is 5.03. The number of hydrogen-bond donors (Lipinski definition) is 1. The van der Waals surface area contributed by atoms with Crippen molar-refractivity contribution in [3.05, 3.63) is 45.8 Å². The SMILES string of the molecule is COCCn1cc(NC(C)c2ccc(I)cc2)cn1. The van der Waals surface area contributed by atoms with E-state index < -0.39 is 0 Å². The smallest absolute Gasteiger partial charge is 0.0731 e. The Bertz CT molecular complexity index is 510. The molecule has 1 aromatic carbocycles. The van der Waals surface area contributed by atoms with Gasteiger partial charge in [0.15, 0.2) is 0 Å². The molecule has 1 aromatic heterocycles. The van der Waals surface area contributed by atoms with Gasteiger partial charge in [0, 0.05) is 22.9 Å². The molecule has 0 radical (unpaired) electrons. The topological polar surface area (TPSA) is 39.1 Å². The highest BCUT2D eigenvalue weighted by Crippen LogP contribution is 2.19. The lowest BCUT2D eigenvalue weighted by atomic mass is 10.1. The molecule has 0 aliphatic carbocycles. The van der Waals surface area contributed by atoms with Crippen LogP contribution in [0.25, 0.3) is 0 Å². The van der Waals surface area contributed by atoms with Crippen LogP contribution in [0.4, 0.5) is 5.69 Å². The van der Waals surface area contributed by atoms with Crippen molar-refractivity contribution in [1.29, 1.82) is 0 Å². The second-order valence-corrected chi connectivity index (χ2v) is 5.65. The number of ether oxygens (including phenoxy) is 1. The number of rotatable bonds is 6. The minimum atomic E-state index is 0.261. The summed E-state index contributed by atoms with van der Waals surface area (Å²) < 4.78 is 8.17. The van der Waals surface area contributed by atoms with E-state index in [2.05, 4.69) is 64.2 Å². The van der Waals surface area contributed by atoms with Crippen LogP contribution >= 0.6 is 22.6 Å². The summed E-state index contributed by atoms with van der Waals surface area (Å²) in [6.07, 6.45) is 3.85. The molecule has 0 fully saturated rings. The van der Waals surface area contributed by atoms with Crippen molar-refractivity contribution in [2.75, 3.05) is 19.0 Å². The largest absolute Gasteiger partial charge is 0.383 e. The fourth-order valence-corrected chi connectivity index (χ4v) is 2.19. The molecule has 0 amide bonds. The Morgan fingerprint density at radius 1 is 1.37 bits per heavy atom. The first-order valence-electron chi connectivity index (χ1n) is 6.22. The number of methoxy groups -OCH3 is 1. The summed E-state index contributed by atoms with van der Waals surface area (Å²) in [5.41, 5.74) is 2.30. The first-order valence-corrected chi connectivity index (χ1v) is 7.30. The van der Waals surface area contributed by atoms with Gasteiger partial charge in [0.1, 0.15) is 0 Å². The predicted molar refractivity (Wildman–Crippen MR) is 85.3 cm³/mol. The van der Waals surface area contributed by atoms with Gasteiger partial charge in [-0.2, -0.15) is 5.10 Å². The summed E-state index contributed by atoms with van der Waals surface area (Å²) in [7, 11) is 1.70. The summed E-state index contributed by atoms with van der Waals surface area (Å²) in [5.74, 6) is 0. The molecule has 1 atom stereocenters. The zero-order valence-electron chi connectivity index (χ0n) is 11.1. The van der Waals surface area contributed by atoms with Gasteiger partial charge in [-0.05, 0) is 47.2 Å². The van der Waals surface area contributed by atoms with Gasteiger partial charge in [-0.3, -0.25) is 4.68 Å². The molecule has 102 valence electrons. The lowest BCUT2D eigenvalue weighted by Gasteiger charge is -2.14. The summed E-state index contributed by atoms with van der Waals surface area (Å²) in [5, 5.41) is 7.74. The van der Waals surface area contributed by atoms with Gasteiger partial charge in [-0.25, -0.2) is 0 Å². The molecule has 1 unspecified atom stereocenters. The van der Waals surface area contributed by atoms with Gasteiger partial charge in [-0.15, -0.1) is 0 Å². The average Bonchev–Trinajstić information content (AvgIpc) is 2.84. The molecule has 1 N–H and O–H groups in total. The molecule has 0 bridgehead atoms. The number of aromatic nitrogens is 2. The van der Waals surface area contributed by atoms with Crippen molar-refractivity contribution in [1.82, 2.24) is 9.78 Å². The minimum Gasteiger partial charge on any atom is -0.383 e. The molecule has 0 spiro atoms. The van der Waals surface area contributed by atoms with Gasteiger partial charge >= 0.3 is 0 Å². The first kappa shape index (κ1) is 14.3. The van der Waals surface area contributed by atoms with E-state index in [9.17, 15) is 0 Å². The van der Waals surface area contributed by atoms with E-state index in [1.54, 1.807) is 7.11 Å². The summed E-state index contributed by atoms with van der Waals surface area (Å²) in [6.45, 7) is 3.60. The number of nitrogens with zero attached hydrogens (tertiary/aromatic N) is 2. The highest BCUT2D eigenvalue weighted by Gasteiger charge is 2.06. The molecule has 0 aliphatic rings. The second-order valence-electron chi connectivity index (χ2n) is 4.40. The number of nitrogens with one attached hydrogen (secondary N) is 1. The van der Waals surface area contributed by atoms with Crippen molar-refractivity contribution in [3.8, 4) is 0 Å². The van der Waals surface area contributed by atoms with Crippen molar-refractivity contribution in [2.24, 2.45) is 0 Å². The zero-order valence-corrected chi connectivity index (χ0v) is 13.3. The van der Waals surface area contributed by atoms with E-state index in [1.165, 1.54) is 9.13 Å². The van der Waals surface area contributed by atoms with Crippen LogP contribution in [0.15, 0.2) is 36.7 Å². The quantitative estimate of drug-likeness (QED) is 0.792. The molecule has 0 saturated heterocycles. The van der Waals surface area contributed by atoms with E-state index in [-0.39, 0.29) is 6.04 Å². The molecule has 0 aliphatic heterocycles. The van der Waals surface area contributed by atoms with Crippen molar-refractivity contribution < 1.29 is 4.74 Å². The standard InChI is InChI=1S/C14H18IN3O/c1-11(12-3-5-13(15)6-4-12)17-14-9-16-18(10-14)7-8-19-2/h3-6,9-11,17H,7-8H2,1-2H3. The summed E-state index contributed by atoms with van der Waals surface area (Å²) in [4.78, 5) is 0. The zero-order chi connectivity index (χ0) is 13.7. The van der Waals surface area contributed by atoms with E-state index in [4.69, 9.17) is 4.74 Å². The van der Waals surface area contributed by atoms with Crippen LogP contribution in [-0.4, -0.2) is 23.5 Å². The maximum Gasteiger partial charge on any atom is 0.0731 e. The number of hydrogen-bond acceptors (Lipinski definition) is 3. The van der Waals surface area contributed by atoms with Crippen molar-refractivity contribution in [2.45, 2.75) is 19.5 Å². The Labute approximate surface area is 127 Å². The highest BCUT2D eigenvalue weighted by molar-refractivity contribution is 14.1. The van der Waals surface area contributed by atoms with E-state index in [0.29, 0.717) is 6.61 Å². The monoisotopic (exact) mass is 371 g/mol. The first-order chi connectivity index (χ1) is 9.19. The van der Waals surface area contributed by atoms with Crippen LogP contribution < -0.4 is 5.32 Å². The lowest BCUT2D eigenvalue weighted by molar-refractivity contribution is 0.183. The highest BCUT2D eigenvalue weighted by atomic mass is 127. The fraction of sp³-hybridized carbons (Fsp3) is 0.357. The Morgan fingerprint density at radius 3 is 2.79 bits per heavy atom. The van der Waals surface area contributed by atoms with Crippen molar-refractivity contribution >= 4 is 28.3 Å². The van der Waals surface area contributed by atoms with Gasteiger partial charge in [0.2, 0.25) is 0 Å². The molecule has 4 nitrogen and oxygen atoms in total. The molecule has 0 saturated carbocycles. The van der Waals surface area contributed by atoms with Crippen molar-refractivity contribution in [3.63, 3.8) is 0 Å². The lowest BCUT2D eigenvalue weighted by Crippen LogP contribution is -2.06. The molecular formula is C14H18IN3O. The second kappa shape index (κ2) is 6.91. The molecule has 2 rings (SSSR count). The van der Waals surface area contributed by atoms with Gasteiger partial charge in [0.25, 0.3) is 0 Å². The molecule has 5 heteroatoms. The van der Waals surface area contributed by atoms with Gasteiger partial charge in [-0.1, -0.05) is 12.1 Å². The van der Waals surface area contributed by atoms with E-state index in [0.717, 1.165) is 12.2 Å². The molecule has 1 heterocycles. The third-order valence-electron chi connectivity index (χ3n) is 2.91. The molecular weight excluding hydrogens is 353 g/mol. The average molecular weight is 371 g/mol. The number of anilines is 1. The Kier molecular flexibility index (Phi) is 5.21. The predicted octanol–water partition coefficient (Wildman–Crippen LogP) is 3.31.